The first kappa shape index (κ1) is 15.2. The van der Waals surface area contributed by atoms with Crippen molar-refractivity contribution in [3.63, 3.8) is 0 Å². The molecule has 2 aromatic rings. The quantitative estimate of drug-likeness (QED) is 0.497. The van der Waals surface area contributed by atoms with Crippen molar-refractivity contribution in [2.24, 2.45) is 0 Å². The Morgan fingerprint density at radius 3 is 2.17 bits per heavy atom. The van der Waals surface area contributed by atoms with Gasteiger partial charge in [0.15, 0.2) is 11.6 Å². The van der Waals surface area contributed by atoms with Gasteiger partial charge < -0.3 is 15.5 Å². The van der Waals surface area contributed by atoms with E-state index >= 15 is 0 Å². The average molecular weight is 311 g/mol. The Hall–Kier alpha value is -2.66. The smallest absolute Gasteiger partial charge is 0.198 e. The topological polar surface area (TPSA) is 86.6 Å². The standard InChI is InChI=1S/C18H17NO4/c20-10-4-3-9-19-13-7-8-14(21)16-15(13)17(22)11-5-1-2-6-12(11)18(16)23/h1-2,5-8,19-21H,3-4,9-10H2. The number of phenolic OH excluding ortho intramolecular Hbond substituents is 1. The number of carbonyl (C=O) groups is 2. The van der Waals surface area contributed by atoms with E-state index in [2.05, 4.69) is 5.32 Å². The van der Waals surface area contributed by atoms with E-state index in [-0.39, 0.29) is 35.0 Å². The van der Waals surface area contributed by atoms with E-state index in [0.29, 0.717) is 29.8 Å². The number of hydrogen-bond donors (Lipinski definition) is 3. The molecule has 2 aromatic carbocycles. The molecule has 0 aromatic heterocycles. The Morgan fingerprint density at radius 2 is 1.52 bits per heavy atom. The molecule has 1 aliphatic carbocycles. The number of fused-ring (bicyclic) bond motifs is 2. The molecule has 5 nitrogen and oxygen atoms in total. The zero-order valence-electron chi connectivity index (χ0n) is 12.5. The predicted octanol–water partition coefficient (Wildman–Crippen LogP) is 2.35. The number of aliphatic hydroxyl groups is 1. The van der Waals surface area contributed by atoms with E-state index in [1.54, 1.807) is 30.3 Å². The molecule has 0 heterocycles. The zero-order chi connectivity index (χ0) is 16.4. The van der Waals surface area contributed by atoms with Crippen LogP contribution >= 0.6 is 0 Å². The summed E-state index contributed by atoms with van der Waals surface area (Å²) in [7, 11) is 0. The molecule has 0 unspecified atom stereocenters. The number of rotatable bonds is 5. The lowest BCUT2D eigenvalue weighted by Crippen LogP contribution is -2.23. The third-order valence-electron chi connectivity index (χ3n) is 3.95. The molecule has 0 atom stereocenters. The van der Waals surface area contributed by atoms with Crippen LogP contribution in [0.5, 0.6) is 5.75 Å². The second-order valence-electron chi connectivity index (χ2n) is 5.44. The molecule has 1 aliphatic rings. The van der Waals surface area contributed by atoms with Gasteiger partial charge in [-0.2, -0.15) is 0 Å². The van der Waals surface area contributed by atoms with Gasteiger partial charge >= 0.3 is 0 Å². The Morgan fingerprint density at radius 1 is 0.870 bits per heavy atom. The van der Waals surface area contributed by atoms with Crippen LogP contribution in [0.15, 0.2) is 36.4 Å². The van der Waals surface area contributed by atoms with Crippen LogP contribution in [0, 0.1) is 0 Å². The van der Waals surface area contributed by atoms with Crippen LogP contribution in [-0.4, -0.2) is 34.9 Å². The van der Waals surface area contributed by atoms with Crippen molar-refractivity contribution in [2.75, 3.05) is 18.5 Å². The molecular formula is C18H17NO4. The minimum absolute atomic E-state index is 0.0564. The molecule has 0 amide bonds. The van der Waals surface area contributed by atoms with Crippen molar-refractivity contribution >= 4 is 17.3 Å². The summed E-state index contributed by atoms with van der Waals surface area (Å²) in [4.78, 5) is 25.4. The number of carbonyl (C=O) groups excluding carboxylic acids is 2. The van der Waals surface area contributed by atoms with Gasteiger partial charge in [-0.3, -0.25) is 9.59 Å². The molecule has 0 radical (unpaired) electrons. The van der Waals surface area contributed by atoms with Gasteiger partial charge in [0.2, 0.25) is 0 Å². The highest BCUT2D eigenvalue weighted by Gasteiger charge is 2.33. The van der Waals surface area contributed by atoms with Crippen molar-refractivity contribution in [3.05, 3.63) is 58.7 Å². The lowest BCUT2D eigenvalue weighted by atomic mass is 9.82. The Bertz CT molecular complexity index is 783. The van der Waals surface area contributed by atoms with E-state index in [1.165, 1.54) is 6.07 Å². The number of anilines is 1. The van der Waals surface area contributed by atoms with Gasteiger partial charge in [-0.05, 0) is 25.0 Å². The van der Waals surface area contributed by atoms with Crippen LogP contribution in [0.1, 0.15) is 44.7 Å². The van der Waals surface area contributed by atoms with Crippen LogP contribution in [0.2, 0.25) is 0 Å². The minimum Gasteiger partial charge on any atom is -0.507 e. The fraction of sp³-hybridized carbons (Fsp3) is 0.222. The number of aliphatic hydroxyl groups excluding tert-OH is 1. The molecule has 0 saturated carbocycles. The summed E-state index contributed by atoms with van der Waals surface area (Å²) in [5.74, 6) is -0.795. The number of hydrogen-bond acceptors (Lipinski definition) is 5. The maximum Gasteiger partial charge on any atom is 0.198 e. The number of ketones is 2. The third-order valence-corrected chi connectivity index (χ3v) is 3.95. The van der Waals surface area contributed by atoms with Gasteiger partial charge in [0.25, 0.3) is 0 Å². The number of phenols is 1. The summed E-state index contributed by atoms with van der Waals surface area (Å²) in [5, 5.41) is 22.0. The van der Waals surface area contributed by atoms with E-state index in [9.17, 15) is 14.7 Å². The minimum atomic E-state index is -0.341. The van der Waals surface area contributed by atoms with Gasteiger partial charge in [-0.15, -0.1) is 0 Å². The molecular weight excluding hydrogens is 294 g/mol. The largest absolute Gasteiger partial charge is 0.507 e. The number of benzene rings is 2. The maximum absolute atomic E-state index is 12.8. The van der Waals surface area contributed by atoms with Crippen molar-refractivity contribution < 1.29 is 19.8 Å². The van der Waals surface area contributed by atoms with Crippen molar-refractivity contribution in [3.8, 4) is 5.75 Å². The Labute approximate surface area is 133 Å². The first-order valence-corrected chi connectivity index (χ1v) is 7.54. The van der Waals surface area contributed by atoms with Crippen LogP contribution in [0.25, 0.3) is 0 Å². The SMILES string of the molecule is O=C1c2ccccc2C(=O)c2c(NCCCCO)ccc(O)c21. The van der Waals surface area contributed by atoms with Gasteiger partial charge in [-0.25, -0.2) is 0 Å². The lowest BCUT2D eigenvalue weighted by Gasteiger charge is -2.21. The lowest BCUT2D eigenvalue weighted by molar-refractivity contribution is 0.0977. The highest BCUT2D eigenvalue weighted by Crippen LogP contribution is 2.36. The van der Waals surface area contributed by atoms with Gasteiger partial charge in [0.1, 0.15) is 5.75 Å². The van der Waals surface area contributed by atoms with E-state index in [4.69, 9.17) is 5.11 Å². The number of aromatic hydroxyl groups is 1. The van der Waals surface area contributed by atoms with Gasteiger partial charge in [0, 0.05) is 30.0 Å². The van der Waals surface area contributed by atoms with Crippen molar-refractivity contribution in [2.45, 2.75) is 12.8 Å². The number of unbranched alkanes of at least 4 members (excludes halogenated alkanes) is 1. The fourth-order valence-corrected chi connectivity index (χ4v) is 2.81. The highest BCUT2D eigenvalue weighted by atomic mass is 16.3. The maximum atomic E-state index is 12.8. The monoisotopic (exact) mass is 311 g/mol. The molecule has 5 heteroatoms. The Kier molecular flexibility index (Phi) is 4.12. The van der Waals surface area contributed by atoms with Crippen molar-refractivity contribution in [1.82, 2.24) is 0 Å². The highest BCUT2D eigenvalue weighted by molar-refractivity contribution is 6.31. The fourth-order valence-electron chi connectivity index (χ4n) is 2.81. The van der Waals surface area contributed by atoms with E-state index < -0.39 is 0 Å². The van der Waals surface area contributed by atoms with Crippen molar-refractivity contribution in [1.29, 1.82) is 0 Å². The van der Waals surface area contributed by atoms with Crippen LogP contribution in [0.3, 0.4) is 0 Å². The molecule has 3 N–H and O–H groups in total. The molecule has 0 spiro atoms. The molecule has 0 bridgehead atoms. The van der Waals surface area contributed by atoms with E-state index in [1.807, 2.05) is 0 Å². The summed E-state index contributed by atoms with van der Waals surface area (Å²) in [6.45, 7) is 0.682. The number of nitrogens with one attached hydrogen (secondary N) is 1. The summed E-state index contributed by atoms with van der Waals surface area (Å²) >= 11 is 0. The van der Waals surface area contributed by atoms with Crippen LogP contribution < -0.4 is 5.32 Å². The van der Waals surface area contributed by atoms with Gasteiger partial charge in [0.05, 0.1) is 11.1 Å². The molecule has 0 aliphatic heterocycles. The molecule has 23 heavy (non-hydrogen) atoms. The molecule has 0 saturated heterocycles. The van der Waals surface area contributed by atoms with E-state index in [0.717, 1.165) is 6.42 Å². The first-order valence-electron chi connectivity index (χ1n) is 7.54. The molecule has 0 fully saturated rings. The first-order chi connectivity index (χ1) is 11.1. The summed E-state index contributed by atoms with van der Waals surface area (Å²) in [6, 6.07) is 9.66. The summed E-state index contributed by atoms with van der Waals surface area (Å²) in [6.07, 6.45) is 1.40. The van der Waals surface area contributed by atoms with Crippen LogP contribution in [0.4, 0.5) is 5.69 Å². The average Bonchev–Trinajstić information content (AvgIpc) is 2.57. The molecule has 118 valence electrons. The second-order valence-corrected chi connectivity index (χ2v) is 5.44. The predicted molar refractivity (Wildman–Crippen MR) is 86.2 cm³/mol. The van der Waals surface area contributed by atoms with Crippen LogP contribution in [-0.2, 0) is 0 Å². The zero-order valence-corrected chi connectivity index (χ0v) is 12.5. The normalized spacial score (nSPS) is 12.7. The summed E-state index contributed by atoms with van der Waals surface area (Å²) in [5.41, 5.74) is 1.48. The molecule has 3 rings (SSSR count). The van der Waals surface area contributed by atoms with Gasteiger partial charge in [-0.1, -0.05) is 24.3 Å². The second kappa shape index (κ2) is 6.22. The summed E-state index contributed by atoms with van der Waals surface area (Å²) < 4.78 is 0. The third kappa shape index (κ3) is 2.59. The Balaban J connectivity index is 2.04.